The molecule has 0 bridgehead atoms. The van der Waals surface area contributed by atoms with Crippen LogP contribution >= 0.6 is 0 Å². The number of carbonyl (C=O) groups excluding carboxylic acids is 1. The molecule has 0 saturated carbocycles. The van der Waals surface area contributed by atoms with Crippen LogP contribution in [0.4, 0.5) is 0 Å². The molecule has 1 N–H and O–H groups in total. The zero-order valence-corrected chi connectivity index (χ0v) is 11.5. The molecule has 0 unspecified atom stereocenters. The van der Waals surface area contributed by atoms with Gasteiger partial charge in [0.15, 0.2) is 0 Å². The van der Waals surface area contributed by atoms with Crippen LogP contribution in [-0.4, -0.2) is 44.9 Å². The van der Waals surface area contributed by atoms with Gasteiger partial charge in [-0.25, -0.2) is 9.97 Å². The zero-order chi connectivity index (χ0) is 14.4. The number of nitrogens with zero attached hydrogens (tertiary/aromatic N) is 3. The first kappa shape index (κ1) is 15.1. The molecule has 104 valence electrons. The van der Waals surface area contributed by atoms with E-state index < -0.39 is 5.97 Å². The van der Waals surface area contributed by atoms with E-state index in [-0.39, 0.29) is 18.4 Å². The molecule has 1 aromatic rings. The Morgan fingerprint density at radius 1 is 1.42 bits per heavy atom. The van der Waals surface area contributed by atoms with Crippen LogP contribution < -0.4 is 0 Å². The van der Waals surface area contributed by atoms with Crippen LogP contribution in [0.5, 0.6) is 0 Å². The first-order chi connectivity index (χ1) is 8.97. The average Bonchev–Trinajstić information content (AvgIpc) is 2.37. The van der Waals surface area contributed by atoms with Gasteiger partial charge in [0.05, 0.1) is 11.3 Å². The third-order valence-electron chi connectivity index (χ3n) is 2.63. The van der Waals surface area contributed by atoms with Gasteiger partial charge in [-0.15, -0.1) is 0 Å². The van der Waals surface area contributed by atoms with Crippen molar-refractivity contribution in [3.05, 3.63) is 23.8 Å². The molecule has 19 heavy (non-hydrogen) atoms. The van der Waals surface area contributed by atoms with Crippen molar-refractivity contribution in [3.8, 4) is 0 Å². The monoisotopic (exact) mass is 265 g/mol. The van der Waals surface area contributed by atoms with Crippen LogP contribution in [0.25, 0.3) is 0 Å². The molecule has 1 aromatic heterocycles. The Bertz CT molecular complexity index is 460. The third-order valence-corrected chi connectivity index (χ3v) is 2.63. The van der Waals surface area contributed by atoms with E-state index >= 15 is 0 Å². The van der Waals surface area contributed by atoms with Gasteiger partial charge in [0.1, 0.15) is 12.9 Å². The number of hydrogen-bond donors (Lipinski definition) is 1. The fraction of sp³-hybridized carbons (Fsp3) is 0.538. The van der Waals surface area contributed by atoms with Crippen molar-refractivity contribution in [2.45, 2.75) is 33.1 Å². The Labute approximate surface area is 112 Å². The number of carboxylic acid groups (broad SMARTS) is 1. The maximum absolute atomic E-state index is 12.4. The van der Waals surface area contributed by atoms with Crippen molar-refractivity contribution in [1.29, 1.82) is 0 Å². The fourth-order valence-electron chi connectivity index (χ4n) is 1.82. The van der Waals surface area contributed by atoms with Gasteiger partial charge in [-0.3, -0.25) is 9.59 Å². The number of amides is 1. The van der Waals surface area contributed by atoms with Crippen LogP contribution in [0.3, 0.4) is 0 Å². The molecule has 0 aliphatic carbocycles. The lowest BCUT2D eigenvalue weighted by atomic mass is 10.0. The SMILES string of the molecule is CCCN(CC(=O)O)C(=O)c1cncnc1C(C)C. The summed E-state index contributed by atoms with van der Waals surface area (Å²) in [6.45, 7) is 5.85. The van der Waals surface area contributed by atoms with Crippen LogP contribution in [-0.2, 0) is 4.79 Å². The standard InChI is InChI=1S/C13H19N3O3/c1-4-5-16(7-11(17)18)13(19)10-6-14-8-15-12(10)9(2)3/h6,8-9H,4-5,7H2,1-3H3,(H,17,18). The first-order valence-electron chi connectivity index (χ1n) is 6.28. The number of hydrogen-bond acceptors (Lipinski definition) is 4. The second-order valence-electron chi connectivity index (χ2n) is 4.60. The number of carboxylic acids is 1. The van der Waals surface area contributed by atoms with Gasteiger partial charge in [-0.1, -0.05) is 20.8 Å². The van der Waals surface area contributed by atoms with E-state index in [2.05, 4.69) is 9.97 Å². The van der Waals surface area contributed by atoms with Crippen LogP contribution in [0.15, 0.2) is 12.5 Å². The molecule has 0 atom stereocenters. The van der Waals surface area contributed by atoms with Crippen molar-refractivity contribution in [2.75, 3.05) is 13.1 Å². The topological polar surface area (TPSA) is 83.4 Å². The van der Waals surface area contributed by atoms with E-state index in [4.69, 9.17) is 5.11 Å². The predicted octanol–water partition coefficient (Wildman–Crippen LogP) is 1.54. The summed E-state index contributed by atoms with van der Waals surface area (Å²) in [6.07, 6.45) is 3.55. The smallest absolute Gasteiger partial charge is 0.323 e. The molecule has 0 radical (unpaired) electrons. The number of carbonyl (C=O) groups is 2. The number of rotatable bonds is 6. The Morgan fingerprint density at radius 2 is 2.11 bits per heavy atom. The van der Waals surface area contributed by atoms with Gasteiger partial charge >= 0.3 is 5.97 Å². The van der Waals surface area contributed by atoms with E-state index in [1.807, 2.05) is 20.8 Å². The lowest BCUT2D eigenvalue weighted by Crippen LogP contribution is -2.37. The average molecular weight is 265 g/mol. The Hall–Kier alpha value is -1.98. The lowest BCUT2D eigenvalue weighted by molar-refractivity contribution is -0.137. The minimum atomic E-state index is -1.02. The third kappa shape index (κ3) is 4.01. The molecule has 6 nitrogen and oxygen atoms in total. The molecule has 0 fully saturated rings. The van der Waals surface area contributed by atoms with Crippen LogP contribution in [0.1, 0.15) is 49.2 Å². The van der Waals surface area contributed by atoms with E-state index in [9.17, 15) is 9.59 Å². The summed E-state index contributed by atoms with van der Waals surface area (Å²) < 4.78 is 0. The predicted molar refractivity (Wildman–Crippen MR) is 70.0 cm³/mol. The summed E-state index contributed by atoms with van der Waals surface area (Å²) in [7, 11) is 0. The van der Waals surface area contributed by atoms with Gasteiger partial charge < -0.3 is 10.0 Å². The van der Waals surface area contributed by atoms with Gasteiger partial charge in [-0.2, -0.15) is 0 Å². The Morgan fingerprint density at radius 3 is 2.63 bits per heavy atom. The molecule has 1 heterocycles. The Balaban J connectivity index is 3.05. The van der Waals surface area contributed by atoms with Crippen molar-refractivity contribution >= 4 is 11.9 Å². The second-order valence-corrected chi connectivity index (χ2v) is 4.60. The van der Waals surface area contributed by atoms with Crippen molar-refractivity contribution in [2.24, 2.45) is 0 Å². The molecule has 0 aliphatic heterocycles. The maximum Gasteiger partial charge on any atom is 0.323 e. The summed E-state index contributed by atoms with van der Waals surface area (Å²) in [5.74, 6) is -1.27. The summed E-state index contributed by atoms with van der Waals surface area (Å²) in [5.41, 5.74) is 1.03. The van der Waals surface area contributed by atoms with Crippen LogP contribution in [0, 0.1) is 0 Å². The largest absolute Gasteiger partial charge is 0.480 e. The minimum absolute atomic E-state index is 0.0789. The van der Waals surface area contributed by atoms with Crippen molar-refractivity contribution in [3.63, 3.8) is 0 Å². The van der Waals surface area contributed by atoms with Gasteiger partial charge in [0, 0.05) is 12.7 Å². The van der Waals surface area contributed by atoms with Gasteiger partial charge in [0.2, 0.25) is 0 Å². The van der Waals surface area contributed by atoms with Crippen LogP contribution in [0.2, 0.25) is 0 Å². The highest BCUT2D eigenvalue weighted by atomic mass is 16.4. The zero-order valence-electron chi connectivity index (χ0n) is 11.5. The maximum atomic E-state index is 12.4. The van der Waals surface area contributed by atoms with E-state index in [0.717, 1.165) is 0 Å². The highest BCUT2D eigenvalue weighted by molar-refractivity contribution is 5.96. The number of aliphatic carboxylic acids is 1. The molecule has 6 heteroatoms. The molecule has 0 saturated heterocycles. The van der Waals surface area contributed by atoms with Crippen molar-refractivity contribution in [1.82, 2.24) is 14.9 Å². The van der Waals surface area contributed by atoms with Gasteiger partial charge in [0.25, 0.3) is 5.91 Å². The molecule has 1 amide bonds. The molecular weight excluding hydrogens is 246 g/mol. The fourth-order valence-corrected chi connectivity index (χ4v) is 1.82. The first-order valence-corrected chi connectivity index (χ1v) is 6.28. The highest BCUT2D eigenvalue weighted by Gasteiger charge is 2.22. The van der Waals surface area contributed by atoms with E-state index in [1.54, 1.807) is 0 Å². The second kappa shape index (κ2) is 6.82. The Kier molecular flexibility index (Phi) is 5.41. The molecule has 0 aromatic carbocycles. The normalized spacial score (nSPS) is 10.5. The minimum Gasteiger partial charge on any atom is -0.480 e. The molecule has 0 aliphatic rings. The van der Waals surface area contributed by atoms with Crippen molar-refractivity contribution < 1.29 is 14.7 Å². The lowest BCUT2D eigenvalue weighted by Gasteiger charge is -2.21. The molecule has 1 rings (SSSR count). The summed E-state index contributed by atoms with van der Waals surface area (Å²) in [6, 6.07) is 0. The van der Waals surface area contributed by atoms with E-state index in [1.165, 1.54) is 17.4 Å². The summed E-state index contributed by atoms with van der Waals surface area (Å²) in [5, 5.41) is 8.86. The van der Waals surface area contributed by atoms with E-state index in [0.29, 0.717) is 24.2 Å². The quantitative estimate of drug-likeness (QED) is 0.843. The highest BCUT2D eigenvalue weighted by Crippen LogP contribution is 2.17. The summed E-state index contributed by atoms with van der Waals surface area (Å²) in [4.78, 5) is 32.5. The number of aromatic nitrogens is 2. The summed E-state index contributed by atoms with van der Waals surface area (Å²) >= 11 is 0. The molecule has 0 spiro atoms. The van der Waals surface area contributed by atoms with Gasteiger partial charge in [-0.05, 0) is 12.3 Å². The molecular formula is C13H19N3O3.